The normalized spacial score (nSPS) is 11.1. The first-order valence-electron chi connectivity index (χ1n) is 5.98. The minimum absolute atomic E-state index is 0.346. The van der Waals surface area contributed by atoms with Gasteiger partial charge in [-0.25, -0.2) is 4.79 Å². The first-order chi connectivity index (χ1) is 9.01. The molecule has 3 nitrogen and oxygen atoms in total. The summed E-state index contributed by atoms with van der Waals surface area (Å²) >= 11 is 5.10. The largest absolute Gasteiger partial charge is 0.342 e. The van der Waals surface area contributed by atoms with E-state index in [2.05, 4.69) is 0 Å². The van der Waals surface area contributed by atoms with Crippen molar-refractivity contribution in [3.8, 4) is 0 Å². The maximum atomic E-state index is 12.3. The van der Waals surface area contributed by atoms with E-state index in [0.717, 1.165) is 5.56 Å². The average molecular weight is 273 g/mol. The molecule has 2 rings (SSSR count). The number of nitrogens with zero attached hydrogens (tertiary/aromatic N) is 1. The molecule has 0 aliphatic rings. The third kappa shape index (κ3) is 2.90. The molecule has 0 aliphatic heterocycles. The van der Waals surface area contributed by atoms with Gasteiger partial charge < -0.3 is 4.84 Å². The molecule has 19 heavy (non-hydrogen) atoms. The molecule has 2 aromatic rings. The van der Waals surface area contributed by atoms with Crippen molar-refractivity contribution in [1.29, 1.82) is 0 Å². The van der Waals surface area contributed by atoms with E-state index >= 15 is 0 Å². The van der Waals surface area contributed by atoms with Crippen LogP contribution in [0.15, 0.2) is 54.7 Å². The zero-order chi connectivity index (χ0) is 13.9. The van der Waals surface area contributed by atoms with Crippen LogP contribution in [0.25, 0.3) is 0 Å². The topological polar surface area (TPSA) is 31.2 Å². The van der Waals surface area contributed by atoms with Crippen LogP contribution in [-0.4, -0.2) is 10.7 Å². The van der Waals surface area contributed by atoms with Crippen molar-refractivity contribution in [3.05, 3.63) is 64.9 Å². The lowest BCUT2D eigenvalue weighted by atomic mass is 9.85. The standard InChI is InChI=1S/C15H15NO2S/c1-15(2,12-8-4-3-5-9-12)14(17)18-16-11-7-6-10-13(16)19/h3-11H,1-2H3. The van der Waals surface area contributed by atoms with Gasteiger partial charge in [0.1, 0.15) is 4.64 Å². The summed E-state index contributed by atoms with van der Waals surface area (Å²) in [5.74, 6) is -0.346. The van der Waals surface area contributed by atoms with Crippen LogP contribution in [0.5, 0.6) is 0 Å². The molecule has 0 saturated heterocycles. The van der Waals surface area contributed by atoms with Gasteiger partial charge in [-0.1, -0.05) is 48.6 Å². The number of hydrogen-bond acceptors (Lipinski definition) is 3. The molecule has 0 spiro atoms. The summed E-state index contributed by atoms with van der Waals surface area (Å²) < 4.78 is 1.77. The van der Waals surface area contributed by atoms with Crippen LogP contribution >= 0.6 is 12.2 Å². The van der Waals surface area contributed by atoms with Crippen molar-refractivity contribution in [2.24, 2.45) is 0 Å². The summed E-state index contributed by atoms with van der Waals surface area (Å²) in [6.07, 6.45) is 1.63. The molecule has 98 valence electrons. The molecule has 0 saturated carbocycles. The first-order valence-corrected chi connectivity index (χ1v) is 6.38. The van der Waals surface area contributed by atoms with Crippen LogP contribution in [-0.2, 0) is 10.2 Å². The van der Waals surface area contributed by atoms with Gasteiger partial charge in [0.15, 0.2) is 0 Å². The van der Waals surface area contributed by atoms with Crippen LogP contribution in [0.3, 0.4) is 0 Å². The zero-order valence-electron chi connectivity index (χ0n) is 10.9. The Morgan fingerprint density at radius 1 is 1.11 bits per heavy atom. The van der Waals surface area contributed by atoms with Crippen LogP contribution < -0.4 is 4.84 Å². The van der Waals surface area contributed by atoms with Crippen LogP contribution in [0.1, 0.15) is 19.4 Å². The lowest BCUT2D eigenvalue weighted by Gasteiger charge is -2.23. The fraction of sp³-hybridized carbons (Fsp3) is 0.200. The summed E-state index contributed by atoms with van der Waals surface area (Å²) in [5, 5.41) is 0. The van der Waals surface area contributed by atoms with Gasteiger partial charge in [-0.2, -0.15) is 4.73 Å². The van der Waals surface area contributed by atoms with Crippen molar-refractivity contribution in [2.45, 2.75) is 19.3 Å². The lowest BCUT2D eigenvalue weighted by Crippen LogP contribution is -2.37. The Morgan fingerprint density at radius 3 is 2.37 bits per heavy atom. The molecule has 4 heteroatoms. The highest BCUT2D eigenvalue weighted by Gasteiger charge is 2.32. The molecule has 0 unspecified atom stereocenters. The molecule has 0 aliphatic carbocycles. The van der Waals surface area contributed by atoms with E-state index < -0.39 is 5.41 Å². The van der Waals surface area contributed by atoms with Gasteiger partial charge >= 0.3 is 5.97 Å². The number of rotatable bonds is 3. The van der Waals surface area contributed by atoms with Gasteiger partial charge in [0.25, 0.3) is 0 Å². The van der Waals surface area contributed by atoms with Gasteiger partial charge in [-0.15, -0.1) is 0 Å². The highest BCUT2D eigenvalue weighted by Crippen LogP contribution is 2.23. The van der Waals surface area contributed by atoms with Gasteiger partial charge in [0.05, 0.1) is 5.41 Å². The Hall–Kier alpha value is -1.94. The van der Waals surface area contributed by atoms with Crippen molar-refractivity contribution in [1.82, 2.24) is 4.73 Å². The highest BCUT2D eigenvalue weighted by atomic mass is 32.1. The molecule has 0 bridgehead atoms. The maximum absolute atomic E-state index is 12.3. The SMILES string of the molecule is CC(C)(C(=O)On1ccccc1=S)c1ccccc1. The maximum Gasteiger partial charge on any atom is 0.342 e. The Balaban J connectivity index is 2.25. The Kier molecular flexibility index (Phi) is 3.81. The lowest BCUT2D eigenvalue weighted by molar-refractivity contribution is -0.150. The van der Waals surface area contributed by atoms with Crippen LogP contribution in [0, 0.1) is 4.64 Å². The minimum Gasteiger partial charge on any atom is -0.335 e. The van der Waals surface area contributed by atoms with Crippen molar-refractivity contribution in [3.63, 3.8) is 0 Å². The van der Waals surface area contributed by atoms with E-state index in [-0.39, 0.29) is 5.97 Å². The molecule has 1 aromatic carbocycles. The van der Waals surface area contributed by atoms with E-state index in [1.54, 1.807) is 24.4 Å². The summed E-state index contributed by atoms with van der Waals surface area (Å²) in [4.78, 5) is 17.6. The first kappa shape index (κ1) is 13.5. The summed E-state index contributed by atoms with van der Waals surface area (Å²) in [7, 11) is 0. The van der Waals surface area contributed by atoms with E-state index in [9.17, 15) is 4.79 Å². The molecule has 1 heterocycles. The smallest absolute Gasteiger partial charge is 0.335 e. The van der Waals surface area contributed by atoms with Crippen LogP contribution in [0.2, 0.25) is 0 Å². The molecule has 0 fully saturated rings. The number of carbonyl (C=O) groups excluding carboxylic acids is 1. The Morgan fingerprint density at radius 2 is 1.74 bits per heavy atom. The van der Waals surface area contributed by atoms with Crippen molar-refractivity contribution >= 4 is 18.2 Å². The Bertz CT molecular complexity index is 632. The third-order valence-electron chi connectivity index (χ3n) is 2.98. The molecule has 0 amide bonds. The number of pyridine rings is 1. The van der Waals surface area contributed by atoms with Gasteiger partial charge in [0, 0.05) is 6.20 Å². The fourth-order valence-electron chi connectivity index (χ4n) is 1.66. The van der Waals surface area contributed by atoms with Crippen molar-refractivity contribution in [2.75, 3.05) is 0 Å². The molecule has 0 atom stereocenters. The fourth-order valence-corrected chi connectivity index (χ4v) is 1.84. The number of carbonyl (C=O) groups is 1. The van der Waals surface area contributed by atoms with Gasteiger partial charge in [-0.3, -0.25) is 0 Å². The predicted octanol–water partition coefficient (Wildman–Crippen LogP) is 3.15. The predicted molar refractivity (Wildman–Crippen MR) is 76.3 cm³/mol. The molecule has 0 radical (unpaired) electrons. The second kappa shape index (κ2) is 5.36. The van der Waals surface area contributed by atoms with E-state index in [0.29, 0.717) is 4.64 Å². The monoisotopic (exact) mass is 273 g/mol. The number of aromatic nitrogens is 1. The minimum atomic E-state index is -0.730. The molecular formula is C15H15NO2S. The third-order valence-corrected chi connectivity index (χ3v) is 3.29. The highest BCUT2D eigenvalue weighted by molar-refractivity contribution is 7.71. The second-order valence-electron chi connectivity index (χ2n) is 4.73. The van der Waals surface area contributed by atoms with E-state index in [4.69, 9.17) is 17.1 Å². The molecule has 0 N–H and O–H groups in total. The Labute approximate surface area is 117 Å². The quantitative estimate of drug-likeness (QED) is 0.805. The number of hydrogen-bond donors (Lipinski definition) is 0. The molecular weight excluding hydrogens is 258 g/mol. The van der Waals surface area contributed by atoms with Gasteiger partial charge in [0.2, 0.25) is 0 Å². The van der Waals surface area contributed by atoms with Gasteiger partial charge in [-0.05, 0) is 31.5 Å². The second-order valence-corrected chi connectivity index (χ2v) is 5.15. The van der Waals surface area contributed by atoms with Crippen LogP contribution in [0.4, 0.5) is 0 Å². The zero-order valence-corrected chi connectivity index (χ0v) is 11.7. The average Bonchev–Trinajstić information content (AvgIpc) is 2.42. The number of benzene rings is 1. The van der Waals surface area contributed by atoms with E-state index in [1.807, 2.05) is 44.2 Å². The summed E-state index contributed by atoms with van der Waals surface area (Å²) in [5.41, 5.74) is 0.175. The van der Waals surface area contributed by atoms with E-state index in [1.165, 1.54) is 4.73 Å². The summed E-state index contributed by atoms with van der Waals surface area (Å²) in [6, 6.07) is 14.8. The van der Waals surface area contributed by atoms with Crippen molar-refractivity contribution < 1.29 is 9.63 Å². The molecule has 1 aromatic heterocycles. The summed E-state index contributed by atoms with van der Waals surface area (Å²) in [6.45, 7) is 3.66.